The molecule has 0 saturated carbocycles. The normalized spacial score (nSPS) is 11.8. The van der Waals surface area contributed by atoms with Crippen molar-refractivity contribution < 1.29 is 14.4 Å². The lowest BCUT2D eigenvalue weighted by Gasteiger charge is -2.27. The molecule has 7 nitrogen and oxygen atoms in total. The highest BCUT2D eigenvalue weighted by Gasteiger charge is 2.23. The van der Waals surface area contributed by atoms with Crippen molar-refractivity contribution in [3.63, 3.8) is 0 Å². The van der Waals surface area contributed by atoms with Crippen molar-refractivity contribution in [2.24, 2.45) is 0 Å². The maximum absolute atomic E-state index is 12.8. The summed E-state index contributed by atoms with van der Waals surface area (Å²) in [4.78, 5) is 38.3. The van der Waals surface area contributed by atoms with Gasteiger partial charge in [-0.25, -0.2) is 0 Å². The summed E-state index contributed by atoms with van der Waals surface area (Å²) < 4.78 is 0. The molecule has 0 bridgehead atoms. The molecule has 0 aliphatic rings. The molecule has 1 atom stereocenters. The zero-order valence-corrected chi connectivity index (χ0v) is 18.9. The smallest absolute Gasteiger partial charge is 0.241 e. The van der Waals surface area contributed by atoms with Gasteiger partial charge in [0.05, 0.1) is 12.6 Å². The number of para-hydroxylation sites is 1. The first-order chi connectivity index (χ1) is 14.7. The van der Waals surface area contributed by atoms with Gasteiger partial charge in [-0.05, 0) is 55.3 Å². The van der Waals surface area contributed by atoms with Crippen molar-refractivity contribution in [2.75, 3.05) is 29.0 Å². The minimum atomic E-state index is -0.474. The van der Waals surface area contributed by atoms with E-state index in [1.165, 1.54) is 6.92 Å². The molecule has 0 fully saturated rings. The zero-order chi connectivity index (χ0) is 23.0. The highest BCUT2D eigenvalue weighted by atomic mass is 16.2. The van der Waals surface area contributed by atoms with Crippen LogP contribution in [0.1, 0.15) is 46.1 Å². The first-order valence-corrected chi connectivity index (χ1v) is 10.5. The van der Waals surface area contributed by atoms with E-state index in [1.807, 2.05) is 36.1 Å². The minimum Gasteiger partial charge on any atom is -0.326 e. The van der Waals surface area contributed by atoms with E-state index in [2.05, 4.69) is 29.8 Å². The Labute approximate surface area is 184 Å². The molecule has 7 heteroatoms. The minimum absolute atomic E-state index is 0.0877. The summed E-state index contributed by atoms with van der Waals surface area (Å²) in [6.07, 6.45) is 0. The highest BCUT2D eigenvalue weighted by molar-refractivity contribution is 5.97. The van der Waals surface area contributed by atoms with Crippen LogP contribution in [0.15, 0.2) is 48.5 Å². The fourth-order valence-electron chi connectivity index (χ4n) is 3.27. The molecule has 0 unspecified atom stereocenters. The molecule has 0 aromatic heterocycles. The largest absolute Gasteiger partial charge is 0.326 e. The van der Waals surface area contributed by atoms with E-state index in [4.69, 9.17) is 0 Å². The second kappa shape index (κ2) is 11.3. The molecule has 166 valence electrons. The van der Waals surface area contributed by atoms with Crippen LogP contribution in [0.4, 0.5) is 17.1 Å². The average Bonchev–Trinajstić information content (AvgIpc) is 2.72. The highest BCUT2D eigenvalue weighted by Crippen LogP contribution is 2.24. The molecule has 0 radical (unpaired) electrons. The summed E-state index contributed by atoms with van der Waals surface area (Å²) in [7, 11) is 0. The Hall–Kier alpha value is -3.19. The average molecular weight is 425 g/mol. The topological polar surface area (TPSA) is 90.5 Å². The third-order valence-corrected chi connectivity index (χ3v) is 5.01. The summed E-state index contributed by atoms with van der Waals surface area (Å²) in [5.41, 5.74) is 3.16. The number of rotatable bonds is 9. The van der Waals surface area contributed by atoms with Crippen LogP contribution in [-0.2, 0) is 14.4 Å². The van der Waals surface area contributed by atoms with Gasteiger partial charge in [-0.1, -0.05) is 39.0 Å². The van der Waals surface area contributed by atoms with E-state index in [9.17, 15) is 14.4 Å². The Morgan fingerprint density at radius 3 is 2.00 bits per heavy atom. The van der Waals surface area contributed by atoms with Gasteiger partial charge in [-0.15, -0.1) is 0 Å². The number of benzene rings is 2. The van der Waals surface area contributed by atoms with E-state index in [-0.39, 0.29) is 30.2 Å². The van der Waals surface area contributed by atoms with Crippen molar-refractivity contribution in [3.05, 3.63) is 54.1 Å². The zero-order valence-electron chi connectivity index (χ0n) is 18.9. The van der Waals surface area contributed by atoms with Gasteiger partial charge in [0.25, 0.3) is 0 Å². The van der Waals surface area contributed by atoms with Gasteiger partial charge in [0.1, 0.15) is 0 Å². The fourth-order valence-corrected chi connectivity index (χ4v) is 3.27. The Kier molecular flexibility index (Phi) is 8.75. The standard InChI is InChI=1S/C24H32N4O3/c1-6-28(15-23(30)26-20-13-11-19(12-14-20)25-18(5)29)17(4)24(31)27-22-10-8-7-9-21(22)16(2)3/h7-14,16-17H,6,15H2,1-5H3,(H,25,29)(H,26,30)(H,27,31)/t17-/m1/s1. The van der Waals surface area contributed by atoms with E-state index in [0.717, 1.165) is 11.3 Å². The third-order valence-electron chi connectivity index (χ3n) is 5.01. The lowest BCUT2D eigenvalue weighted by atomic mass is 10.0. The molecule has 2 aromatic rings. The monoisotopic (exact) mass is 424 g/mol. The van der Waals surface area contributed by atoms with Crippen LogP contribution >= 0.6 is 0 Å². The third kappa shape index (κ3) is 7.22. The first kappa shape index (κ1) is 24.1. The summed E-state index contributed by atoms with van der Waals surface area (Å²) >= 11 is 0. The quantitative estimate of drug-likeness (QED) is 0.566. The number of amides is 3. The molecule has 3 N–H and O–H groups in total. The van der Waals surface area contributed by atoms with E-state index < -0.39 is 6.04 Å². The number of nitrogens with one attached hydrogen (secondary N) is 3. The second-order valence-corrected chi connectivity index (χ2v) is 7.78. The predicted molar refractivity (Wildman–Crippen MR) is 125 cm³/mol. The van der Waals surface area contributed by atoms with Crippen LogP contribution in [0.2, 0.25) is 0 Å². The van der Waals surface area contributed by atoms with E-state index in [1.54, 1.807) is 31.2 Å². The number of carbonyl (C=O) groups is 3. The van der Waals surface area contributed by atoms with Crippen LogP contribution in [0.25, 0.3) is 0 Å². The van der Waals surface area contributed by atoms with Gasteiger partial charge in [0, 0.05) is 24.0 Å². The summed E-state index contributed by atoms with van der Waals surface area (Å²) in [5, 5.41) is 8.51. The predicted octanol–water partition coefficient (Wildman–Crippen LogP) is 4.06. The molecular weight excluding hydrogens is 392 g/mol. The maximum atomic E-state index is 12.8. The number of nitrogens with zero attached hydrogens (tertiary/aromatic N) is 1. The molecule has 0 aliphatic carbocycles. The summed E-state index contributed by atoms with van der Waals surface area (Å²) in [6, 6.07) is 14.2. The van der Waals surface area contributed by atoms with Crippen LogP contribution in [0.5, 0.6) is 0 Å². The van der Waals surface area contributed by atoms with Gasteiger partial charge in [0.15, 0.2) is 0 Å². The lowest BCUT2D eigenvalue weighted by Crippen LogP contribution is -2.45. The van der Waals surface area contributed by atoms with Crippen molar-refractivity contribution >= 4 is 34.8 Å². The fraction of sp³-hybridized carbons (Fsp3) is 0.375. The molecule has 2 aromatic carbocycles. The first-order valence-electron chi connectivity index (χ1n) is 10.5. The maximum Gasteiger partial charge on any atom is 0.241 e. The van der Waals surface area contributed by atoms with Gasteiger partial charge in [-0.3, -0.25) is 19.3 Å². The van der Waals surface area contributed by atoms with Gasteiger partial charge < -0.3 is 16.0 Å². The Morgan fingerprint density at radius 2 is 1.45 bits per heavy atom. The van der Waals surface area contributed by atoms with E-state index >= 15 is 0 Å². The van der Waals surface area contributed by atoms with Crippen molar-refractivity contribution in [2.45, 2.75) is 46.6 Å². The molecule has 3 amide bonds. The Balaban J connectivity index is 1.97. The number of hydrogen-bond donors (Lipinski definition) is 3. The molecular formula is C24H32N4O3. The molecule has 2 rings (SSSR count). The van der Waals surface area contributed by atoms with Crippen LogP contribution in [-0.4, -0.2) is 41.8 Å². The number of hydrogen-bond acceptors (Lipinski definition) is 4. The van der Waals surface area contributed by atoms with Gasteiger partial charge in [-0.2, -0.15) is 0 Å². The summed E-state index contributed by atoms with van der Waals surface area (Å²) in [5.74, 6) is -0.227. The Morgan fingerprint density at radius 1 is 0.871 bits per heavy atom. The van der Waals surface area contributed by atoms with Crippen molar-refractivity contribution in [3.8, 4) is 0 Å². The van der Waals surface area contributed by atoms with E-state index in [0.29, 0.717) is 17.9 Å². The van der Waals surface area contributed by atoms with Crippen LogP contribution in [0, 0.1) is 0 Å². The number of anilines is 3. The Bertz CT molecular complexity index is 909. The second-order valence-electron chi connectivity index (χ2n) is 7.78. The number of likely N-dealkylation sites (N-methyl/N-ethyl adjacent to an activating group) is 1. The van der Waals surface area contributed by atoms with Crippen molar-refractivity contribution in [1.29, 1.82) is 0 Å². The molecule has 31 heavy (non-hydrogen) atoms. The van der Waals surface area contributed by atoms with Crippen molar-refractivity contribution in [1.82, 2.24) is 4.90 Å². The molecule has 0 saturated heterocycles. The lowest BCUT2D eigenvalue weighted by molar-refractivity contribution is -0.123. The molecule has 0 heterocycles. The van der Waals surface area contributed by atoms with Crippen LogP contribution < -0.4 is 16.0 Å². The van der Waals surface area contributed by atoms with Crippen LogP contribution in [0.3, 0.4) is 0 Å². The van der Waals surface area contributed by atoms with Gasteiger partial charge in [0.2, 0.25) is 17.7 Å². The van der Waals surface area contributed by atoms with Gasteiger partial charge >= 0.3 is 0 Å². The molecule has 0 spiro atoms. The number of carbonyl (C=O) groups excluding carboxylic acids is 3. The molecule has 0 aliphatic heterocycles. The summed E-state index contributed by atoms with van der Waals surface area (Å²) in [6.45, 7) is 9.96. The SMILES string of the molecule is CCN(CC(=O)Nc1ccc(NC(C)=O)cc1)[C@H](C)C(=O)Nc1ccccc1C(C)C.